The lowest BCUT2D eigenvalue weighted by molar-refractivity contribution is -0.136. The minimum Gasteiger partial charge on any atom is -0.395 e. The second-order valence-electron chi connectivity index (χ2n) is 5.60. The van der Waals surface area contributed by atoms with Gasteiger partial charge >= 0.3 is 0 Å². The zero-order chi connectivity index (χ0) is 12.1. The maximum absolute atomic E-state index is 12.3. The molecule has 17 heavy (non-hydrogen) atoms. The van der Waals surface area contributed by atoms with Gasteiger partial charge in [0, 0.05) is 19.0 Å². The smallest absolute Gasteiger partial charge is 0.223 e. The molecule has 3 heteroatoms. The SMILES string of the molecule is O=C(CC1CCC1)N(CCO)C1CCCCC1. The minimum atomic E-state index is 0.104. The molecule has 0 atom stereocenters. The van der Waals surface area contributed by atoms with Crippen molar-refractivity contribution < 1.29 is 9.90 Å². The van der Waals surface area contributed by atoms with Gasteiger partial charge in [-0.05, 0) is 31.6 Å². The molecule has 0 saturated heterocycles. The molecule has 0 aromatic rings. The number of aliphatic hydroxyl groups excluding tert-OH is 1. The molecule has 0 aromatic heterocycles. The molecule has 2 rings (SSSR count). The quantitative estimate of drug-likeness (QED) is 0.800. The van der Waals surface area contributed by atoms with Crippen LogP contribution < -0.4 is 0 Å². The summed E-state index contributed by atoms with van der Waals surface area (Å²) in [5.41, 5.74) is 0. The molecule has 1 N–H and O–H groups in total. The Kier molecular flexibility index (Phi) is 4.84. The molecule has 2 fully saturated rings. The summed E-state index contributed by atoms with van der Waals surface area (Å²) < 4.78 is 0. The lowest BCUT2D eigenvalue weighted by Gasteiger charge is -2.36. The average Bonchev–Trinajstić information content (AvgIpc) is 2.31. The molecule has 3 nitrogen and oxygen atoms in total. The fraction of sp³-hybridized carbons (Fsp3) is 0.929. The standard InChI is InChI=1S/C14H25NO2/c16-10-9-15(13-7-2-1-3-8-13)14(17)11-12-5-4-6-12/h12-13,16H,1-11H2. The highest BCUT2D eigenvalue weighted by Gasteiger charge is 2.28. The number of hydrogen-bond acceptors (Lipinski definition) is 2. The molecular formula is C14H25NO2. The molecular weight excluding hydrogens is 214 g/mol. The summed E-state index contributed by atoms with van der Waals surface area (Å²) in [6.07, 6.45) is 10.5. The molecule has 98 valence electrons. The molecule has 2 aliphatic rings. The van der Waals surface area contributed by atoms with Gasteiger partial charge in [0.15, 0.2) is 0 Å². The van der Waals surface area contributed by atoms with Crippen LogP contribution in [0, 0.1) is 5.92 Å². The molecule has 0 bridgehead atoms. The molecule has 0 heterocycles. The Labute approximate surface area is 104 Å². The second-order valence-corrected chi connectivity index (χ2v) is 5.60. The zero-order valence-corrected chi connectivity index (χ0v) is 10.7. The van der Waals surface area contributed by atoms with E-state index in [4.69, 9.17) is 5.11 Å². The van der Waals surface area contributed by atoms with Crippen LogP contribution in [0.1, 0.15) is 57.8 Å². The Balaban J connectivity index is 1.86. The van der Waals surface area contributed by atoms with Gasteiger partial charge in [-0.1, -0.05) is 25.7 Å². The maximum Gasteiger partial charge on any atom is 0.223 e. The fourth-order valence-electron chi connectivity index (χ4n) is 3.07. The van der Waals surface area contributed by atoms with Crippen LogP contribution in [0.4, 0.5) is 0 Å². The van der Waals surface area contributed by atoms with E-state index in [1.54, 1.807) is 0 Å². The van der Waals surface area contributed by atoms with Crippen molar-refractivity contribution >= 4 is 5.91 Å². The van der Waals surface area contributed by atoms with Gasteiger partial charge in [0.05, 0.1) is 6.61 Å². The van der Waals surface area contributed by atoms with Crippen LogP contribution in [-0.4, -0.2) is 35.1 Å². The third-order valence-electron chi connectivity index (χ3n) is 4.36. The second kappa shape index (κ2) is 6.39. The van der Waals surface area contributed by atoms with E-state index in [0.29, 0.717) is 18.5 Å². The van der Waals surface area contributed by atoms with Crippen LogP contribution in [0.5, 0.6) is 0 Å². The van der Waals surface area contributed by atoms with Gasteiger partial charge in [0.1, 0.15) is 0 Å². The van der Waals surface area contributed by atoms with Gasteiger partial charge in [-0.2, -0.15) is 0 Å². The van der Waals surface area contributed by atoms with Crippen LogP contribution in [0.15, 0.2) is 0 Å². The van der Waals surface area contributed by atoms with Crippen LogP contribution in [0.2, 0.25) is 0 Å². The monoisotopic (exact) mass is 239 g/mol. The first kappa shape index (κ1) is 12.9. The molecule has 1 amide bonds. The zero-order valence-electron chi connectivity index (χ0n) is 10.7. The number of rotatable bonds is 5. The van der Waals surface area contributed by atoms with Crippen LogP contribution in [0.25, 0.3) is 0 Å². The van der Waals surface area contributed by atoms with Gasteiger partial charge in [-0.15, -0.1) is 0 Å². The van der Waals surface area contributed by atoms with E-state index in [0.717, 1.165) is 19.3 Å². The summed E-state index contributed by atoms with van der Waals surface area (Å²) >= 11 is 0. The first-order valence-corrected chi connectivity index (χ1v) is 7.21. The number of carbonyl (C=O) groups excluding carboxylic acids is 1. The van der Waals surface area contributed by atoms with Gasteiger partial charge in [-0.3, -0.25) is 4.79 Å². The average molecular weight is 239 g/mol. The first-order valence-electron chi connectivity index (χ1n) is 7.21. The van der Waals surface area contributed by atoms with Gasteiger partial charge in [0.25, 0.3) is 0 Å². The summed E-state index contributed by atoms with van der Waals surface area (Å²) in [5, 5.41) is 9.13. The van der Waals surface area contributed by atoms with Crippen molar-refractivity contribution in [1.82, 2.24) is 4.90 Å². The van der Waals surface area contributed by atoms with Crippen molar-refractivity contribution in [2.75, 3.05) is 13.2 Å². The largest absolute Gasteiger partial charge is 0.395 e. The van der Waals surface area contributed by atoms with Crippen molar-refractivity contribution in [1.29, 1.82) is 0 Å². The highest BCUT2D eigenvalue weighted by atomic mass is 16.3. The predicted octanol–water partition coefficient (Wildman–Crippen LogP) is 2.33. The number of aliphatic hydroxyl groups is 1. The Morgan fingerprint density at radius 1 is 1.06 bits per heavy atom. The van der Waals surface area contributed by atoms with E-state index >= 15 is 0 Å². The van der Waals surface area contributed by atoms with E-state index < -0.39 is 0 Å². The van der Waals surface area contributed by atoms with Gasteiger partial charge in [-0.25, -0.2) is 0 Å². The van der Waals surface area contributed by atoms with E-state index in [9.17, 15) is 4.79 Å². The summed E-state index contributed by atoms with van der Waals surface area (Å²) in [6, 6.07) is 0.406. The molecule has 0 aliphatic heterocycles. The van der Waals surface area contributed by atoms with E-state index in [1.807, 2.05) is 4.90 Å². The third-order valence-corrected chi connectivity index (χ3v) is 4.36. The lowest BCUT2D eigenvalue weighted by Crippen LogP contribution is -2.44. The maximum atomic E-state index is 12.3. The first-order chi connectivity index (χ1) is 8.31. The summed E-state index contributed by atoms with van der Waals surface area (Å²) in [6.45, 7) is 0.642. The molecule has 0 unspecified atom stereocenters. The topological polar surface area (TPSA) is 40.5 Å². The van der Waals surface area contributed by atoms with Crippen LogP contribution >= 0.6 is 0 Å². The van der Waals surface area contributed by atoms with Gasteiger partial charge < -0.3 is 10.0 Å². The third kappa shape index (κ3) is 3.44. The summed E-state index contributed by atoms with van der Waals surface area (Å²) in [7, 11) is 0. The van der Waals surface area contributed by atoms with Gasteiger partial charge in [0.2, 0.25) is 5.91 Å². The Hall–Kier alpha value is -0.570. The Morgan fingerprint density at radius 2 is 1.76 bits per heavy atom. The van der Waals surface area contributed by atoms with Crippen molar-refractivity contribution in [3.05, 3.63) is 0 Å². The highest BCUT2D eigenvalue weighted by molar-refractivity contribution is 5.77. The predicted molar refractivity (Wildman–Crippen MR) is 67.6 cm³/mol. The molecule has 2 aliphatic carbocycles. The number of nitrogens with zero attached hydrogens (tertiary/aromatic N) is 1. The van der Waals surface area contributed by atoms with Crippen molar-refractivity contribution in [3.63, 3.8) is 0 Å². The molecule has 0 spiro atoms. The van der Waals surface area contributed by atoms with Crippen molar-refractivity contribution in [3.8, 4) is 0 Å². The number of carbonyl (C=O) groups is 1. The highest BCUT2D eigenvalue weighted by Crippen LogP contribution is 2.31. The fourth-order valence-corrected chi connectivity index (χ4v) is 3.07. The molecule has 0 radical (unpaired) electrons. The summed E-state index contributed by atoms with van der Waals surface area (Å²) in [4.78, 5) is 14.2. The van der Waals surface area contributed by atoms with Crippen LogP contribution in [-0.2, 0) is 4.79 Å². The van der Waals surface area contributed by atoms with Crippen molar-refractivity contribution in [2.24, 2.45) is 5.92 Å². The molecule has 2 saturated carbocycles. The van der Waals surface area contributed by atoms with Crippen molar-refractivity contribution in [2.45, 2.75) is 63.8 Å². The van der Waals surface area contributed by atoms with E-state index in [-0.39, 0.29) is 12.5 Å². The van der Waals surface area contributed by atoms with E-state index in [1.165, 1.54) is 38.5 Å². The summed E-state index contributed by atoms with van der Waals surface area (Å²) in [5.74, 6) is 0.919. The Bertz CT molecular complexity index is 245. The number of hydrogen-bond donors (Lipinski definition) is 1. The van der Waals surface area contributed by atoms with E-state index in [2.05, 4.69) is 0 Å². The molecule has 0 aromatic carbocycles. The normalized spacial score (nSPS) is 22.2. The number of amides is 1. The minimum absolute atomic E-state index is 0.104. The van der Waals surface area contributed by atoms with Crippen LogP contribution in [0.3, 0.4) is 0 Å². The lowest BCUT2D eigenvalue weighted by atomic mass is 9.82. The Morgan fingerprint density at radius 3 is 2.29 bits per heavy atom.